The van der Waals surface area contributed by atoms with Crippen molar-refractivity contribution in [3.05, 3.63) is 70.7 Å². The SMILES string of the molecule is Clc1ccc(/C=C/c2ccccc2)cc1. The molecule has 2 aromatic rings. The van der Waals surface area contributed by atoms with Crippen molar-refractivity contribution in [2.24, 2.45) is 0 Å². The van der Waals surface area contributed by atoms with Gasteiger partial charge in [-0.2, -0.15) is 0 Å². The highest BCUT2D eigenvalue weighted by Crippen LogP contribution is 2.12. The second-order valence-electron chi connectivity index (χ2n) is 3.30. The predicted octanol–water partition coefficient (Wildman–Crippen LogP) is 4.51. The van der Waals surface area contributed by atoms with Gasteiger partial charge in [0.1, 0.15) is 0 Å². The highest BCUT2D eigenvalue weighted by Gasteiger charge is 1.88. The van der Waals surface area contributed by atoms with E-state index in [-0.39, 0.29) is 0 Å². The fourth-order valence-electron chi connectivity index (χ4n) is 1.33. The highest BCUT2D eigenvalue weighted by molar-refractivity contribution is 6.30. The summed E-state index contributed by atoms with van der Waals surface area (Å²) in [6, 6.07) is 18.0. The van der Waals surface area contributed by atoms with Crippen LogP contribution in [0.3, 0.4) is 0 Å². The molecule has 0 amide bonds. The average Bonchev–Trinajstić information content (AvgIpc) is 2.30. The quantitative estimate of drug-likeness (QED) is 0.646. The minimum atomic E-state index is 0.770. The Kier molecular flexibility index (Phi) is 3.21. The Morgan fingerprint density at radius 2 is 1.20 bits per heavy atom. The Balaban J connectivity index is 2.15. The van der Waals surface area contributed by atoms with Crippen LogP contribution in [0.1, 0.15) is 11.1 Å². The largest absolute Gasteiger partial charge is 0.0843 e. The van der Waals surface area contributed by atoms with Gasteiger partial charge in [0.05, 0.1) is 0 Å². The molecule has 0 aliphatic rings. The molecule has 0 aromatic heterocycles. The van der Waals surface area contributed by atoms with E-state index in [0.717, 1.165) is 10.6 Å². The van der Waals surface area contributed by atoms with Gasteiger partial charge in [0.15, 0.2) is 0 Å². The third-order valence-corrected chi connectivity index (χ3v) is 2.39. The third kappa shape index (κ3) is 2.97. The first-order chi connectivity index (χ1) is 7.34. The van der Waals surface area contributed by atoms with E-state index in [2.05, 4.69) is 24.3 Å². The molecule has 74 valence electrons. The first-order valence-corrected chi connectivity index (χ1v) is 5.21. The average molecular weight is 215 g/mol. The van der Waals surface area contributed by atoms with Crippen LogP contribution in [0.25, 0.3) is 12.2 Å². The van der Waals surface area contributed by atoms with Crippen molar-refractivity contribution in [1.29, 1.82) is 0 Å². The third-order valence-electron chi connectivity index (χ3n) is 2.14. The maximum Gasteiger partial charge on any atom is 0.0406 e. The number of rotatable bonds is 2. The van der Waals surface area contributed by atoms with Crippen LogP contribution in [-0.2, 0) is 0 Å². The standard InChI is InChI=1S/C14H11Cl/c15-14-10-8-13(9-11-14)7-6-12-4-2-1-3-5-12/h1-11H/b7-6+. The van der Waals surface area contributed by atoms with Crippen molar-refractivity contribution in [3.63, 3.8) is 0 Å². The number of hydrogen-bond acceptors (Lipinski definition) is 0. The van der Waals surface area contributed by atoms with Crippen molar-refractivity contribution in [1.82, 2.24) is 0 Å². The lowest BCUT2D eigenvalue weighted by atomic mass is 10.1. The summed E-state index contributed by atoms with van der Waals surface area (Å²) < 4.78 is 0. The minimum Gasteiger partial charge on any atom is -0.0843 e. The lowest BCUT2D eigenvalue weighted by molar-refractivity contribution is 1.64. The van der Waals surface area contributed by atoms with E-state index in [9.17, 15) is 0 Å². The molecule has 0 unspecified atom stereocenters. The van der Waals surface area contributed by atoms with E-state index in [1.54, 1.807) is 0 Å². The molecule has 0 saturated carbocycles. The van der Waals surface area contributed by atoms with E-state index in [1.807, 2.05) is 42.5 Å². The zero-order valence-electron chi connectivity index (χ0n) is 8.23. The summed E-state index contributed by atoms with van der Waals surface area (Å²) in [5.74, 6) is 0. The number of benzene rings is 2. The van der Waals surface area contributed by atoms with Crippen molar-refractivity contribution >= 4 is 23.8 Å². The van der Waals surface area contributed by atoms with Crippen LogP contribution in [0.15, 0.2) is 54.6 Å². The fourth-order valence-corrected chi connectivity index (χ4v) is 1.46. The van der Waals surface area contributed by atoms with Crippen LogP contribution < -0.4 is 0 Å². The van der Waals surface area contributed by atoms with E-state index in [0.29, 0.717) is 0 Å². The summed E-state index contributed by atoms with van der Waals surface area (Å²) in [6.07, 6.45) is 4.16. The molecule has 0 aliphatic carbocycles. The zero-order chi connectivity index (χ0) is 10.5. The van der Waals surface area contributed by atoms with Gasteiger partial charge in [-0.15, -0.1) is 0 Å². The Morgan fingerprint density at radius 3 is 1.80 bits per heavy atom. The summed E-state index contributed by atoms with van der Waals surface area (Å²) >= 11 is 5.80. The van der Waals surface area contributed by atoms with E-state index in [1.165, 1.54) is 5.56 Å². The molecule has 0 radical (unpaired) electrons. The summed E-state index contributed by atoms with van der Waals surface area (Å²) in [7, 11) is 0. The van der Waals surface area contributed by atoms with Gasteiger partial charge in [-0.05, 0) is 23.3 Å². The Morgan fingerprint density at radius 1 is 0.667 bits per heavy atom. The molecule has 0 fully saturated rings. The van der Waals surface area contributed by atoms with Crippen LogP contribution in [0.2, 0.25) is 5.02 Å². The molecule has 0 aliphatic heterocycles. The van der Waals surface area contributed by atoms with Gasteiger partial charge in [-0.1, -0.05) is 66.2 Å². The number of hydrogen-bond donors (Lipinski definition) is 0. The maximum atomic E-state index is 5.80. The molecule has 0 atom stereocenters. The Labute approximate surface area is 94.8 Å². The molecule has 1 heteroatoms. The maximum absolute atomic E-state index is 5.80. The smallest absolute Gasteiger partial charge is 0.0406 e. The van der Waals surface area contributed by atoms with Gasteiger partial charge < -0.3 is 0 Å². The minimum absolute atomic E-state index is 0.770. The van der Waals surface area contributed by atoms with Crippen LogP contribution in [0.4, 0.5) is 0 Å². The van der Waals surface area contributed by atoms with Gasteiger partial charge in [-0.3, -0.25) is 0 Å². The molecule has 0 bridgehead atoms. The van der Waals surface area contributed by atoms with Gasteiger partial charge >= 0.3 is 0 Å². The van der Waals surface area contributed by atoms with E-state index >= 15 is 0 Å². The molecule has 0 N–H and O–H groups in total. The van der Waals surface area contributed by atoms with Gasteiger partial charge in [0, 0.05) is 5.02 Å². The summed E-state index contributed by atoms with van der Waals surface area (Å²) in [5, 5.41) is 0.770. The van der Waals surface area contributed by atoms with Crippen LogP contribution in [-0.4, -0.2) is 0 Å². The van der Waals surface area contributed by atoms with Crippen molar-refractivity contribution in [2.45, 2.75) is 0 Å². The molecule has 2 aromatic carbocycles. The molecule has 2 rings (SSSR count). The monoisotopic (exact) mass is 214 g/mol. The summed E-state index contributed by atoms with van der Waals surface area (Å²) in [5.41, 5.74) is 2.36. The van der Waals surface area contributed by atoms with Gasteiger partial charge in [0.2, 0.25) is 0 Å². The van der Waals surface area contributed by atoms with Crippen molar-refractivity contribution in [2.75, 3.05) is 0 Å². The topological polar surface area (TPSA) is 0 Å². The molecule has 0 heterocycles. The summed E-state index contributed by atoms with van der Waals surface area (Å²) in [4.78, 5) is 0. The lowest BCUT2D eigenvalue weighted by Crippen LogP contribution is -1.71. The molecular weight excluding hydrogens is 204 g/mol. The predicted molar refractivity (Wildman–Crippen MR) is 66.8 cm³/mol. The lowest BCUT2D eigenvalue weighted by Gasteiger charge is -1.94. The zero-order valence-corrected chi connectivity index (χ0v) is 8.98. The molecule has 0 nitrogen and oxygen atoms in total. The second-order valence-corrected chi connectivity index (χ2v) is 3.73. The number of halogens is 1. The van der Waals surface area contributed by atoms with Crippen LogP contribution >= 0.6 is 11.6 Å². The van der Waals surface area contributed by atoms with Gasteiger partial charge in [-0.25, -0.2) is 0 Å². The highest BCUT2D eigenvalue weighted by atomic mass is 35.5. The van der Waals surface area contributed by atoms with Gasteiger partial charge in [0.25, 0.3) is 0 Å². The molecular formula is C14H11Cl. The molecule has 0 spiro atoms. The van der Waals surface area contributed by atoms with Crippen molar-refractivity contribution in [3.8, 4) is 0 Å². The first kappa shape index (κ1) is 10.0. The van der Waals surface area contributed by atoms with Crippen molar-refractivity contribution < 1.29 is 0 Å². The second kappa shape index (κ2) is 4.81. The normalized spacial score (nSPS) is 10.7. The van der Waals surface area contributed by atoms with Crippen LogP contribution in [0.5, 0.6) is 0 Å². The Hall–Kier alpha value is -1.53. The van der Waals surface area contributed by atoms with E-state index in [4.69, 9.17) is 11.6 Å². The van der Waals surface area contributed by atoms with Crippen LogP contribution in [0, 0.1) is 0 Å². The Bertz CT molecular complexity index is 441. The fraction of sp³-hybridized carbons (Fsp3) is 0. The molecule has 15 heavy (non-hydrogen) atoms. The molecule has 0 saturated heterocycles. The summed E-state index contributed by atoms with van der Waals surface area (Å²) in [6.45, 7) is 0. The van der Waals surface area contributed by atoms with E-state index < -0.39 is 0 Å². The first-order valence-electron chi connectivity index (χ1n) is 4.83.